The minimum atomic E-state index is -0.297. The monoisotopic (exact) mass is 268 g/mol. The average Bonchev–Trinajstić information content (AvgIpc) is 2.88. The van der Waals surface area contributed by atoms with Crippen LogP contribution in [0.15, 0.2) is 6.20 Å². The molecule has 18 heavy (non-hydrogen) atoms. The van der Waals surface area contributed by atoms with Crippen LogP contribution in [0, 0.1) is 5.41 Å². The van der Waals surface area contributed by atoms with E-state index >= 15 is 0 Å². The van der Waals surface area contributed by atoms with Gasteiger partial charge in [-0.05, 0) is 18.3 Å². The third kappa shape index (κ3) is 2.66. The molecule has 100 valence electrons. The third-order valence-corrected chi connectivity index (χ3v) is 5.01. The van der Waals surface area contributed by atoms with E-state index in [0.717, 1.165) is 18.2 Å². The summed E-state index contributed by atoms with van der Waals surface area (Å²) in [6, 6.07) is 0. The second kappa shape index (κ2) is 5.26. The number of anilines is 1. The molecule has 5 heteroatoms. The SMILES string of the molecule is CCC1(C)CCN(c2ncc(C(=O)OC)s2)CC1. The highest BCUT2D eigenvalue weighted by Crippen LogP contribution is 2.36. The van der Waals surface area contributed by atoms with Gasteiger partial charge in [0, 0.05) is 13.1 Å². The van der Waals surface area contributed by atoms with Crippen molar-refractivity contribution in [2.45, 2.75) is 33.1 Å². The summed E-state index contributed by atoms with van der Waals surface area (Å²) in [4.78, 5) is 18.6. The van der Waals surface area contributed by atoms with Gasteiger partial charge < -0.3 is 9.64 Å². The van der Waals surface area contributed by atoms with Crippen molar-refractivity contribution in [3.8, 4) is 0 Å². The number of thiazole rings is 1. The fraction of sp³-hybridized carbons (Fsp3) is 0.692. The molecule has 1 saturated heterocycles. The van der Waals surface area contributed by atoms with Crippen LogP contribution >= 0.6 is 11.3 Å². The van der Waals surface area contributed by atoms with Crippen molar-refractivity contribution in [2.75, 3.05) is 25.1 Å². The van der Waals surface area contributed by atoms with E-state index in [4.69, 9.17) is 4.74 Å². The van der Waals surface area contributed by atoms with E-state index in [2.05, 4.69) is 23.7 Å². The van der Waals surface area contributed by atoms with E-state index < -0.39 is 0 Å². The zero-order valence-corrected chi connectivity index (χ0v) is 12.0. The summed E-state index contributed by atoms with van der Waals surface area (Å²) in [5.41, 5.74) is 0.471. The highest BCUT2D eigenvalue weighted by Gasteiger charge is 2.29. The van der Waals surface area contributed by atoms with Gasteiger partial charge in [0.25, 0.3) is 0 Å². The number of carbonyl (C=O) groups excluding carboxylic acids is 1. The Kier molecular flexibility index (Phi) is 3.90. The lowest BCUT2D eigenvalue weighted by molar-refractivity contribution is 0.0606. The number of aromatic nitrogens is 1. The van der Waals surface area contributed by atoms with Gasteiger partial charge in [-0.1, -0.05) is 31.6 Å². The number of rotatable bonds is 3. The van der Waals surface area contributed by atoms with E-state index in [-0.39, 0.29) is 5.97 Å². The van der Waals surface area contributed by atoms with Gasteiger partial charge in [-0.15, -0.1) is 0 Å². The highest BCUT2D eigenvalue weighted by atomic mass is 32.1. The van der Waals surface area contributed by atoms with Crippen molar-refractivity contribution in [1.29, 1.82) is 0 Å². The second-order valence-electron chi connectivity index (χ2n) is 5.15. The maximum absolute atomic E-state index is 11.4. The molecule has 0 amide bonds. The first-order chi connectivity index (χ1) is 8.58. The van der Waals surface area contributed by atoms with Gasteiger partial charge in [0.15, 0.2) is 5.13 Å². The molecular weight excluding hydrogens is 248 g/mol. The second-order valence-corrected chi connectivity index (χ2v) is 6.16. The van der Waals surface area contributed by atoms with Crippen molar-refractivity contribution >= 4 is 22.4 Å². The number of piperidine rings is 1. The average molecular weight is 268 g/mol. The van der Waals surface area contributed by atoms with E-state index in [1.54, 1.807) is 6.20 Å². The van der Waals surface area contributed by atoms with Crippen LogP contribution in [-0.2, 0) is 4.74 Å². The van der Waals surface area contributed by atoms with Crippen LogP contribution in [0.25, 0.3) is 0 Å². The molecule has 0 bridgehead atoms. The molecule has 0 aliphatic carbocycles. The number of methoxy groups -OCH3 is 1. The number of nitrogens with zero attached hydrogens (tertiary/aromatic N) is 2. The van der Waals surface area contributed by atoms with Crippen LogP contribution in [0.1, 0.15) is 42.8 Å². The summed E-state index contributed by atoms with van der Waals surface area (Å²) >= 11 is 1.42. The molecule has 0 atom stereocenters. The maximum Gasteiger partial charge on any atom is 0.349 e. The molecule has 0 spiro atoms. The van der Waals surface area contributed by atoms with Gasteiger partial charge in [0.2, 0.25) is 0 Å². The maximum atomic E-state index is 11.4. The van der Waals surface area contributed by atoms with Crippen molar-refractivity contribution < 1.29 is 9.53 Å². The summed E-state index contributed by atoms with van der Waals surface area (Å²) in [7, 11) is 1.40. The van der Waals surface area contributed by atoms with Crippen molar-refractivity contribution in [3.05, 3.63) is 11.1 Å². The highest BCUT2D eigenvalue weighted by molar-refractivity contribution is 7.17. The summed E-state index contributed by atoms with van der Waals surface area (Å²) in [5, 5.41) is 0.938. The van der Waals surface area contributed by atoms with Crippen LogP contribution in [0.2, 0.25) is 0 Å². The number of hydrogen-bond acceptors (Lipinski definition) is 5. The molecule has 1 aliphatic heterocycles. The molecule has 0 saturated carbocycles. The van der Waals surface area contributed by atoms with Crippen LogP contribution in [0.3, 0.4) is 0 Å². The Morgan fingerprint density at radius 2 is 2.22 bits per heavy atom. The lowest BCUT2D eigenvalue weighted by Crippen LogP contribution is -2.38. The predicted molar refractivity (Wildman–Crippen MR) is 73.3 cm³/mol. The Morgan fingerprint density at radius 1 is 1.56 bits per heavy atom. The lowest BCUT2D eigenvalue weighted by Gasteiger charge is -2.38. The minimum Gasteiger partial charge on any atom is -0.465 e. The summed E-state index contributed by atoms with van der Waals surface area (Å²) in [6.07, 6.45) is 5.22. The zero-order valence-electron chi connectivity index (χ0n) is 11.2. The Morgan fingerprint density at radius 3 is 2.78 bits per heavy atom. The Labute approximate surface area is 112 Å². The lowest BCUT2D eigenvalue weighted by atomic mass is 9.78. The van der Waals surface area contributed by atoms with Crippen molar-refractivity contribution in [2.24, 2.45) is 5.41 Å². The molecule has 1 fully saturated rings. The van der Waals surface area contributed by atoms with Crippen molar-refractivity contribution in [1.82, 2.24) is 4.98 Å². The van der Waals surface area contributed by atoms with Crippen LogP contribution in [-0.4, -0.2) is 31.2 Å². The van der Waals surface area contributed by atoms with E-state index in [9.17, 15) is 4.79 Å². The largest absolute Gasteiger partial charge is 0.465 e. The topological polar surface area (TPSA) is 42.4 Å². The molecule has 1 aromatic heterocycles. The molecule has 2 heterocycles. The number of carbonyl (C=O) groups is 1. The van der Waals surface area contributed by atoms with Crippen LogP contribution in [0.4, 0.5) is 5.13 Å². The number of hydrogen-bond donors (Lipinski definition) is 0. The Bertz CT molecular complexity index is 422. The van der Waals surface area contributed by atoms with E-state index in [0.29, 0.717) is 10.3 Å². The third-order valence-electron chi connectivity index (χ3n) is 3.97. The van der Waals surface area contributed by atoms with Crippen molar-refractivity contribution in [3.63, 3.8) is 0 Å². The first-order valence-electron chi connectivity index (χ1n) is 6.37. The van der Waals surface area contributed by atoms with Crippen LogP contribution in [0.5, 0.6) is 0 Å². The zero-order chi connectivity index (χ0) is 13.2. The fourth-order valence-corrected chi connectivity index (χ4v) is 3.08. The predicted octanol–water partition coefficient (Wildman–Crippen LogP) is 2.95. The summed E-state index contributed by atoms with van der Waals surface area (Å²) in [6.45, 7) is 6.66. The molecule has 4 nitrogen and oxygen atoms in total. The van der Waals surface area contributed by atoms with E-state index in [1.165, 1.54) is 37.7 Å². The molecule has 0 N–H and O–H groups in total. The van der Waals surface area contributed by atoms with Crippen LogP contribution < -0.4 is 4.90 Å². The van der Waals surface area contributed by atoms with Gasteiger partial charge >= 0.3 is 5.97 Å². The van der Waals surface area contributed by atoms with Gasteiger partial charge in [-0.2, -0.15) is 0 Å². The quantitative estimate of drug-likeness (QED) is 0.790. The summed E-state index contributed by atoms with van der Waals surface area (Å²) in [5.74, 6) is -0.297. The smallest absolute Gasteiger partial charge is 0.349 e. The Hall–Kier alpha value is -1.10. The summed E-state index contributed by atoms with van der Waals surface area (Å²) < 4.78 is 4.70. The van der Waals surface area contributed by atoms with Gasteiger partial charge in [-0.25, -0.2) is 9.78 Å². The first kappa shape index (κ1) is 13.3. The molecule has 0 unspecified atom stereocenters. The minimum absolute atomic E-state index is 0.297. The molecule has 2 rings (SSSR count). The van der Waals surface area contributed by atoms with Gasteiger partial charge in [-0.3, -0.25) is 0 Å². The first-order valence-corrected chi connectivity index (χ1v) is 7.19. The standard InChI is InChI=1S/C13H20N2O2S/c1-4-13(2)5-7-15(8-6-13)12-14-9-10(18-12)11(16)17-3/h9H,4-8H2,1-3H3. The van der Waals surface area contributed by atoms with E-state index in [1.807, 2.05) is 0 Å². The molecular formula is C13H20N2O2S. The number of esters is 1. The fourth-order valence-electron chi connectivity index (χ4n) is 2.20. The molecule has 0 aromatic carbocycles. The molecule has 0 radical (unpaired) electrons. The normalized spacial score (nSPS) is 18.7. The Balaban J connectivity index is 2.02. The van der Waals surface area contributed by atoms with Gasteiger partial charge in [0.1, 0.15) is 4.88 Å². The van der Waals surface area contributed by atoms with Gasteiger partial charge in [0.05, 0.1) is 13.3 Å². The number of ether oxygens (including phenoxy) is 1. The molecule has 1 aromatic rings. The molecule has 1 aliphatic rings.